The van der Waals surface area contributed by atoms with Gasteiger partial charge >= 0.3 is 0 Å². The normalized spacial score (nSPS) is 15.9. The molecule has 0 aromatic heterocycles. The first-order valence-corrected chi connectivity index (χ1v) is 11.5. The van der Waals surface area contributed by atoms with Crippen LogP contribution in [0.5, 0.6) is 5.75 Å². The van der Waals surface area contributed by atoms with Crippen LogP contribution >= 0.6 is 0 Å². The van der Waals surface area contributed by atoms with Gasteiger partial charge in [-0.25, -0.2) is 4.39 Å². The molecule has 1 heterocycles. The molecule has 0 bridgehead atoms. The van der Waals surface area contributed by atoms with Crippen LogP contribution in [-0.4, -0.2) is 36.7 Å². The molecule has 4 nitrogen and oxygen atoms in total. The minimum absolute atomic E-state index is 0.0432. The number of ether oxygens (including phenoxy) is 2. The molecule has 0 saturated carbocycles. The third kappa shape index (κ3) is 6.79. The topological polar surface area (TPSA) is 38.8 Å². The maximum absolute atomic E-state index is 13.8. The first-order chi connectivity index (χ1) is 15.1. The molecule has 0 unspecified atom stereocenters. The van der Waals surface area contributed by atoms with Gasteiger partial charge in [0.25, 0.3) is 0 Å². The molecule has 1 saturated heterocycles. The Morgan fingerprint density at radius 3 is 2.71 bits per heavy atom. The average molecular weight is 428 g/mol. The highest BCUT2D eigenvalue weighted by molar-refractivity contribution is 5.78. The average Bonchev–Trinajstić information content (AvgIpc) is 3.29. The van der Waals surface area contributed by atoms with Crippen molar-refractivity contribution in [2.24, 2.45) is 5.92 Å². The summed E-state index contributed by atoms with van der Waals surface area (Å²) in [5.74, 6) is 0.776. The number of amides is 1. The van der Waals surface area contributed by atoms with Gasteiger partial charge in [-0.15, -0.1) is 0 Å². The SMILES string of the molecule is CCC(CC)C(=O)N(Cc1cccc(OCCc2ccccc2F)c1)C[C@H]1CCCO1. The van der Waals surface area contributed by atoms with Gasteiger partial charge in [-0.2, -0.15) is 0 Å². The summed E-state index contributed by atoms with van der Waals surface area (Å²) in [6, 6.07) is 14.6. The smallest absolute Gasteiger partial charge is 0.226 e. The van der Waals surface area contributed by atoms with Gasteiger partial charge in [0.15, 0.2) is 0 Å². The number of hydrogen-bond acceptors (Lipinski definition) is 3. The van der Waals surface area contributed by atoms with Crippen molar-refractivity contribution < 1.29 is 18.7 Å². The van der Waals surface area contributed by atoms with Crippen molar-refractivity contribution in [3.8, 4) is 5.75 Å². The lowest BCUT2D eigenvalue weighted by Gasteiger charge is -2.29. The lowest BCUT2D eigenvalue weighted by Crippen LogP contribution is -2.40. The first kappa shape index (κ1) is 23.3. The van der Waals surface area contributed by atoms with Crippen molar-refractivity contribution in [1.82, 2.24) is 4.90 Å². The van der Waals surface area contributed by atoms with Gasteiger partial charge in [0.05, 0.1) is 12.7 Å². The number of benzene rings is 2. The highest BCUT2D eigenvalue weighted by Crippen LogP contribution is 2.21. The van der Waals surface area contributed by atoms with E-state index >= 15 is 0 Å². The Kier molecular flexibility index (Phi) is 8.89. The molecule has 2 aromatic carbocycles. The second kappa shape index (κ2) is 11.8. The second-order valence-corrected chi connectivity index (χ2v) is 8.20. The lowest BCUT2D eigenvalue weighted by molar-refractivity contribution is -0.138. The minimum Gasteiger partial charge on any atom is -0.493 e. The van der Waals surface area contributed by atoms with Crippen LogP contribution in [0.1, 0.15) is 50.7 Å². The van der Waals surface area contributed by atoms with Crippen LogP contribution in [0.2, 0.25) is 0 Å². The van der Waals surface area contributed by atoms with Crippen LogP contribution in [0.4, 0.5) is 4.39 Å². The molecule has 0 N–H and O–H groups in total. The molecular formula is C26H34FNO3. The summed E-state index contributed by atoms with van der Waals surface area (Å²) >= 11 is 0. The minimum atomic E-state index is -0.204. The molecule has 5 heteroatoms. The number of carbonyl (C=O) groups is 1. The predicted octanol–water partition coefficient (Wildman–Crippen LogP) is 5.39. The van der Waals surface area contributed by atoms with Crippen molar-refractivity contribution >= 4 is 5.91 Å². The van der Waals surface area contributed by atoms with Gasteiger partial charge in [-0.1, -0.05) is 44.2 Å². The van der Waals surface area contributed by atoms with Crippen LogP contribution in [0, 0.1) is 11.7 Å². The van der Waals surface area contributed by atoms with E-state index in [1.165, 1.54) is 6.07 Å². The van der Waals surface area contributed by atoms with E-state index < -0.39 is 0 Å². The Morgan fingerprint density at radius 2 is 2.00 bits per heavy atom. The fourth-order valence-corrected chi connectivity index (χ4v) is 4.10. The lowest BCUT2D eigenvalue weighted by atomic mass is 10.0. The molecule has 0 aliphatic carbocycles. The summed E-state index contributed by atoms with van der Waals surface area (Å²) in [6.45, 7) is 6.49. The Morgan fingerprint density at radius 1 is 1.19 bits per heavy atom. The molecule has 168 valence electrons. The van der Waals surface area contributed by atoms with Gasteiger partial charge in [0.2, 0.25) is 5.91 Å². The van der Waals surface area contributed by atoms with Gasteiger partial charge < -0.3 is 14.4 Å². The van der Waals surface area contributed by atoms with Crippen molar-refractivity contribution in [2.75, 3.05) is 19.8 Å². The van der Waals surface area contributed by atoms with E-state index in [-0.39, 0.29) is 23.7 Å². The monoisotopic (exact) mass is 427 g/mol. The summed E-state index contributed by atoms with van der Waals surface area (Å²) in [5, 5.41) is 0. The zero-order chi connectivity index (χ0) is 22.1. The van der Waals surface area contributed by atoms with Crippen LogP contribution in [-0.2, 0) is 22.5 Å². The predicted molar refractivity (Wildman–Crippen MR) is 121 cm³/mol. The first-order valence-electron chi connectivity index (χ1n) is 11.5. The van der Waals surface area contributed by atoms with Crippen LogP contribution < -0.4 is 4.74 Å². The van der Waals surface area contributed by atoms with E-state index in [2.05, 4.69) is 13.8 Å². The van der Waals surface area contributed by atoms with E-state index in [0.29, 0.717) is 31.7 Å². The van der Waals surface area contributed by atoms with Crippen molar-refractivity contribution in [2.45, 2.75) is 58.6 Å². The number of nitrogens with zero attached hydrogens (tertiary/aromatic N) is 1. The van der Waals surface area contributed by atoms with E-state index in [1.54, 1.807) is 12.1 Å². The number of rotatable bonds is 11. The number of carbonyl (C=O) groups excluding carboxylic acids is 1. The Bertz CT molecular complexity index is 831. The molecule has 1 fully saturated rings. The number of halogens is 1. The molecule has 1 amide bonds. The number of hydrogen-bond donors (Lipinski definition) is 0. The molecule has 31 heavy (non-hydrogen) atoms. The van der Waals surface area contributed by atoms with Crippen molar-refractivity contribution in [3.05, 3.63) is 65.5 Å². The molecule has 1 aliphatic rings. The highest BCUT2D eigenvalue weighted by Gasteiger charge is 2.26. The largest absolute Gasteiger partial charge is 0.493 e. The molecular weight excluding hydrogens is 393 g/mol. The van der Waals surface area contributed by atoms with E-state index in [1.807, 2.05) is 35.2 Å². The fraction of sp³-hybridized carbons (Fsp3) is 0.500. The third-order valence-corrected chi connectivity index (χ3v) is 5.96. The molecule has 1 aliphatic heterocycles. The zero-order valence-electron chi connectivity index (χ0n) is 18.7. The summed E-state index contributed by atoms with van der Waals surface area (Å²) in [7, 11) is 0. The maximum Gasteiger partial charge on any atom is 0.226 e. The summed E-state index contributed by atoms with van der Waals surface area (Å²) in [4.78, 5) is 15.1. The second-order valence-electron chi connectivity index (χ2n) is 8.20. The quantitative estimate of drug-likeness (QED) is 0.483. The van der Waals surface area contributed by atoms with Gasteiger partial charge in [-0.05, 0) is 55.0 Å². The Balaban J connectivity index is 1.63. The standard InChI is InChI=1S/C26H34FNO3/c1-3-21(4-2)26(29)28(19-24-12-8-15-30-24)18-20-9-7-11-23(17-20)31-16-14-22-10-5-6-13-25(22)27/h5-7,9-11,13,17,21,24H,3-4,8,12,14-16,18-19H2,1-2H3/t24-/m1/s1. The van der Waals surface area contributed by atoms with Gasteiger partial charge in [0, 0.05) is 32.0 Å². The Hall–Kier alpha value is -2.40. The zero-order valence-corrected chi connectivity index (χ0v) is 18.7. The molecule has 0 spiro atoms. The van der Waals surface area contributed by atoms with E-state index in [4.69, 9.17) is 9.47 Å². The summed E-state index contributed by atoms with van der Waals surface area (Å²) < 4.78 is 25.5. The van der Waals surface area contributed by atoms with Gasteiger partial charge in [0.1, 0.15) is 11.6 Å². The van der Waals surface area contributed by atoms with Crippen molar-refractivity contribution in [3.63, 3.8) is 0 Å². The molecule has 0 radical (unpaired) electrons. The Labute approximate surface area is 185 Å². The summed E-state index contributed by atoms with van der Waals surface area (Å²) in [5.41, 5.74) is 1.68. The van der Waals surface area contributed by atoms with E-state index in [9.17, 15) is 9.18 Å². The maximum atomic E-state index is 13.8. The fourth-order valence-electron chi connectivity index (χ4n) is 4.10. The highest BCUT2D eigenvalue weighted by atomic mass is 19.1. The molecule has 3 rings (SSSR count). The van der Waals surface area contributed by atoms with E-state index in [0.717, 1.165) is 43.6 Å². The van der Waals surface area contributed by atoms with Crippen LogP contribution in [0.3, 0.4) is 0 Å². The molecule has 2 aromatic rings. The van der Waals surface area contributed by atoms with Crippen molar-refractivity contribution in [1.29, 1.82) is 0 Å². The van der Waals surface area contributed by atoms with Crippen LogP contribution in [0.15, 0.2) is 48.5 Å². The molecule has 1 atom stereocenters. The third-order valence-electron chi connectivity index (χ3n) is 5.96. The van der Waals surface area contributed by atoms with Crippen LogP contribution in [0.25, 0.3) is 0 Å². The summed E-state index contributed by atoms with van der Waals surface area (Å²) in [6.07, 6.45) is 4.38. The van der Waals surface area contributed by atoms with Gasteiger partial charge in [-0.3, -0.25) is 4.79 Å².